The number of rotatable bonds is 4. The van der Waals surface area contributed by atoms with Gasteiger partial charge in [-0.3, -0.25) is 0 Å². The summed E-state index contributed by atoms with van der Waals surface area (Å²) in [4.78, 5) is 2.19. The third kappa shape index (κ3) is 3.14. The van der Waals surface area contributed by atoms with Crippen LogP contribution in [-0.2, 0) is 0 Å². The lowest BCUT2D eigenvalue weighted by Gasteiger charge is -2.30. The minimum atomic E-state index is 0.121. The van der Waals surface area contributed by atoms with Crippen LogP contribution in [-0.4, -0.2) is 13.6 Å². The van der Waals surface area contributed by atoms with Crippen molar-refractivity contribution in [2.24, 2.45) is 5.73 Å². The van der Waals surface area contributed by atoms with E-state index in [4.69, 9.17) is 17.3 Å². The minimum absolute atomic E-state index is 0.121. The molecule has 0 aliphatic carbocycles. The number of nitrogens with two attached hydrogens (primary N) is 1. The van der Waals surface area contributed by atoms with Crippen LogP contribution in [0.15, 0.2) is 42.5 Å². The molecule has 0 heterocycles. The normalized spacial score (nSPS) is 12.2. The monoisotopic (exact) mass is 288 g/mol. The maximum Gasteiger partial charge on any atom is 0.0662 e. The maximum atomic E-state index is 6.23. The highest BCUT2D eigenvalue weighted by Gasteiger charge is 2.16. The molecule has 2 aromatic rings. The van der Waals surface area contributed by atoms with Crippen molar-refractivity contribution in [3.63, 3.8) is 0 Å². The van der Waals surface area contributed by atoms with Gasteiger partial charge >= 0.3 is 0 Å². The summed E-state index contributed by atoms with van der Waals surface area (Å²) in [6.45, 7) is 4.64. The van der Waals surface area contributed by atoms with Crippen LogP contribution in [0.5, 0.6) is 0 Å². The molecule has 0 aliphatic heterocycles. The molecule has 0 fully saturated rings. The van der Waals surface area contributed by atoms with Crippen LogP contribution in [0.1, 0.15) is 22.7 Å². The number of nitrogens with zero attached hydrogens (tertiary/aromatic N) is 1. The van der Waals surface area contributed by atoms with E-state index in [9.17, 15) is 0 Å². The molecule has 1 atom stereocenters. The second kappa shape index (κ2) is 6.29. The average Bonchev–Trinajstić information content (AvgIpc) is 2.44. The number of aryl methyl sites for hydroxylation is 2. The van der Waals surface area contributed by atoms with E-state index in [1.807, 2.05) is 19.1 Å². The fraction of sp³-hybridized carbons (Fsp3) is 0.294. The van der Waals surface area contributed by atoms with Gasteiger partial charge in [-0.25, -0.2) is 0 Å². The van der Waals surface area contributed by atoms with Gasteiger partial charge in [0, 0.05) is 24.3 Å². The largest absolute Gasteiger partial charge is 0.366 e. The number of benzene rings is 2. The van der Waals surface area contributed by atoms with Gasteiger partial charge < -0.3 is 10.6 Å². The van der Waals surface area contributed by atoms with Crippen molar-refractivity contribution in [3.8, 4) is 0 Å². The molecular weight excluding hydrogens is 268 g/mol. The van der Waals surface area contributed by atoms with Gasteiger partial charge in [0.15, 0.2) is 0 Å². The first kappa shape index (κ1) is 14.9. The van der Waals surface area contributed by atoms with Crippen LogP contribution in [0, 0.1) is 13.8 Å². The molecule has 0 saturated carbocycles. The highest BCUT2D eigenvalue weighted by molar-refractivity contribution is 6.31. The summed E-state index contributed by atoms with van der Waals surface area (Å²) >= 11 is 6.23. The van der Waals surface area contributed by atoms with Crippen LogP contribution in [0.3, 0.4) is 0 Å². The second-order valence-corrected chi connectivity index (χ2v) is 5.61. The predicted molar refractivity (Wildman–Crippen MR) is 87.6 cm³/mol. The molecule has 2 aromatic carbocycles. The number of hydrogen-bond donors (Lipinski definition) is 1. The maximum absolute atomic E-state index is 6.23. The van der Waals surface area contributed by atoms with E-state index >= 15 is 0 Å². The number of halogens is 1. The Morgan fingerprint density at radius 3 is 2.30 bits per heavy atom. The molecule has 106 valence electrons. The van der Waals surface area contributed by atoms with Gasteiger partial charge in [0.25, 0.3) is 0 Å². The van der Waals surface area contributed by atoms with Gasteiger partial charge in [-0.1, -0.05) is 41.4 Å². The minimum Gasteiger partial charge on any atom is -0.366 e. The van der Waals surface area contributed by atoms with Crippen LogP contribution in [0.25, 0.3) is 0 Å². The Morgan fingerprint density at radius 1 is 1.10 bits per heavy atom. The van der Waals surface area contributed by atoms with E-state index in [0.717, 1.165) is 21.8 Å². The molecular formula is C17H21ClN2. The predicted octanol–water partition coefficient (Wildman–Crippen LogP) is 4.09. The Balaban J connectivity index is 2.31. The molecule has 1 unspecified atom stereocenters. The Labute approximate surface area is 126 Å². The zero-order valence-electron chi connectivity index (χ0n) is 12.2. The zero-order valence-corrected chi connectivity index (χ0v) is 13.0. The Bertz CT molecular complexity index is 578. The first-order chi connectivity index (χ1) is 9.52. The van der Waals surface area contributed by atoms with Gasteiger partial charge in [-0.05, 0) is 43.2 Å². The van der Waals surface area contributed by atoms with E-state index in [-0.39, 0.29) is 6.04 Å². The highest BCUT2D eigenvalue weighted by Crippen LogP contribution is 2.28. The quantitative estimate of drug-likeness (QED) is 0.918. The molecule has 0 spiro atoms. The first-order valence-corrected chi connectivity index (χ1v) is 7.16. The summed E-state index contributed by atoms with van der Waals surface area (Å²) in [5.74, 6) is 0. The number of hydrogen-bond acceptors (Lipinski definition) is 2. The lowest BCUT2D eigenvalue weighted by atomic mass is 10.0. The van der Waals surface area contributed by atoms with Crippen molar-refractivity contribution in [1.82, 2.24) is 0 Å². The van der Waals surface area contributed by atoms with Crippen molar-refractivity contribution in [2.45, 2.75) is 19.9 Å². The van der Waals surface area contributed by atoms with Gasteiger partial charge in [0.05, 0.1) is 6.04 Å². The van der Waals surface area contributed by atoms with Gasteiger partial charge in [-0.15, -0.1) is 0 Å². The molecule has 0 amide bonds. The molecule has 0 saturated heterocycles. The van der Waals surface area contributed by atoms with Crippen LogP contribution in [0.2, 0.25) is 5.02 Å². The third-order valence-corrected chi connectivity index (χ3v) is 4.12. The van der Waals surface area contributed by atoms with Gasteiger partial charge in [-0.2, -0.15) is 0 Å². The van der Waals surface area contributed by atoms with E-state index in [0.29, 0.717) is 6.54 Å². The Morgan fingerprint density at radius 2 is 1.75 bits per heavy atom. The SMILES string of the molecule is Cc1ccc(N(C)C(CN)c2ccc(C)c(Cl)c2)cc1. The van der Waals surface area contributed by atoms with E-state index < -0.39 is 0 Å². The summed E-state index contributed by atoms with van der Waals surface area (Å²) in [6.07, 6.45) is 0. The summed E-state index contributed by atoms with van der Waals surface area (Å²) in [5.41, 5.74) is 10.6. The van der Waals surface area contributed by atoms with Crippen molar-refractivity contribution in [2.75, 3.05) is 18.5 Å². The standard InChI is InChI=1S/C17H21ClN2/c1-12-4-8-15(9-5-12)20(3)17(11-19)14-7-6-13(2)16(18)10-14/h4-10,17H,11,19H2,1-3H3. The van der Waals surface area contributed by atoms with E-state index in [1.165, 1.54) is 5.56 Å². The molecule has 2 rings (SSSR count). The van der Waals surface area contributed by atoms with Crippen molar-refractivity contribution in [3.05, 3.63) is 64.2 Å². The summed E-state index contributed by atoms with van der Waals surface area (Å²) < 4.78 is 0. The zero-order chi connectivity index (χ0) is 14.7. The second-order valence-electron chi connectivity index (χ2n) is 5.21. The number of anilines is 1. The molecule has 0 radical (unpaired) electrons. The molecule has 0 aromatic heterocycles. The topological polar surface area (TPSA) is 29.3 Å². The molecule has 0 aliphatic rings. The van der Waals surface area contributed by atoms with Crippen LogP contribution in [0.4, 0.5) is 5.69 Å². The van der Waals surface area contributed by atoms with Gasteiger partial charge in [0.2, 0.25) is 0 Å². The molecule has 3 heteroatoms. The first-order valence-electron chi connectivity index (χ1n) is 6.78. The van der Waals surface area contributed by atoms with Crippen molar-refractivity contribution in [1.29, 1.82) is 0 Å². The Hall–Kier alpha value is -1.51. The molecule has 2 N–H and O–H groups in total. The van der Waals surface area contributed by atoms with Crippen LogP contribution >= 0.6 is 11.6 Å². The lowest BCUT2D eigenvalue weighted by Crippen LogP contribution is -2.30. The third-order valence-electron chi connectivity index (χ3n) is 3.71. The summed E-state index contributed by atoms with van der Waals surface area (Å²) in [7, 11) is 2.07. The molecule has 2 nitrogen and oxygen atoms in total. The smallest absolute Gasteiger partial charge is 0.0662 e. The Kier molecular flexibility index (Phi) is 4.69. The molecule has 20 heavy (non-hydrogen) atoms. The number of likely N-dealkylation sites (N-methyl/N-ethyl adjacent to an activating group) is 1. The lowest BCUT2D eigenvalue weighted by molar-refractivity contribution is 0.680. The van der Waals surface area contributed by atoms with E-state index in [2.05, 4.69) is 49.2 Å². The van der Waals surface area contributed by atoms with Crippen LogP contribution < -0.4 is 10.6 Å². The fourth-order valence-corrected chi connectivity index (χ4v) is 2.48. The summed E-state index contributed by atoms with van der Waals surface area (Å²) in [5, 5.41) is 0.790. The summed E-state index contributed by atoms with van der Waals surface area (Å²) in [6, 6.07) is 14.7. The van der Waals surface area contributed by atoms with Gasteiger partial charge in [0.1, 0.15) is 0 Å². The molecule has 0 bridgehead atoms. The fourth-order valence-electron chi connectivity index (χ4n) is 2.29. The van der Waals surface area contributed by atoms with Crippen molar-refractivity contribution >= 4 is 17.3 Å². The highest BCUT2D eigenvalue weighted by atomic mass is 35.5. The van der Waals surface area contributed by atoms with E-state index in [1.54, 1.807) is 0 Å². The van der Waals surface area contributed by atoms with Crippen molar-refractivity contribution < 1.29 is 0 Å². The average molecular weight is 289 g/mol.